The lowest BCUT2D eigenvalue weighted by atomic mass is 10.2. The molecule has 1 aliphatic rings. The molecule has 0 atom stereocenters. The van der Waals surface area contributed by atoms with Gasteiger partial charge in [0.2, 0.25) is 0 Å². The van der Waals surface area contributed by atoms with Crippen LogP contribution in [0.1, 0.15) is 5.56 Å². The lowest BCUT2D eigenvalue weighted by Gasteiger charge is -2.26. The van der Waals surface area contributed by atoms with Crippen molar-refractivity contribution in [3.8, 4) is 0 Å². The SMILES string of the molecule is NNc1cccc(CN2CCOCC2)c1. The van der Waals surface area contributed by atoms with Crippen molar-refractivity contribution >= 4 is 5.69 Å². The summed E-state index contributed by atoms with van der Waals surface area (Å²) in [5.74, 6) is 5.37. The molecular weight excluding hydrogens is 190 g/mol. The monoisotopic (exact) mass is 207 g/mol. The number of hydrogen-bond acceptors (Lipinski definition) is 4. The average molecular weight is 207 g/mol. The number of nitrogens with two attached hydrogens (primary N) is 1. The molecule has 82 valence electrons. The Bertz CT molecular complexity index is 310. The summed E-state index contributed by atoms with van der Waals surface area (Å²) >= 11 is 0. The van der Waals surface area contributed by atoms with E-state index in [4.69, 9.17) is 10.6 Å². The molecule has 0 saturated carbocycles. The molecule has 1 aromatic rings. The Hall–Kier alpha value is -1.10. The van der Waals surface area contributed by atoms with Gasteiger partial charge in [0.1, 0.15) is 0 Å². The zero-order valence-corrected chi connectivity index (χ0v) is 8.78. The molecule has 0 bridgehead atoms. The fourth-order valence-corrected chi connectivity index (χ4v) is 1.78. The Balaban J connectivity index is 1.96. The number of anilines is 1. The highest BCUT2D eigenvalue weighted by molar-refractivity contribution is 5.44. The Morgan fingerprint density at radius 1 is 1.33 bits per heavy atom. The van der Waals surface area contributed by atoms with E-state index in [0.717, 1.165) is 38.5 Å². The third-order valence-corrected chi connectivity index (χ3v) is 2.60. The fourth-order valence-electron chi connectivity index (χ4n) is 1.78. The summed E-state index contributed by atoms with van der Waals surface area (Å²) in [7, 11) is 0. The number of nitrogens with one attached hydrogen (secondary N) is 1. The Morgan fingerprint density at radius 3 is 2.87 bits per heavy atom. The largest absolute Gasteiger partial charge is 0.379 e. The minimum absolute atomic E-state index is 0.842. The van der Waals surface area contributed by atoms with Crippen molar-refractivity contribution in [3.63, 3.8) is 0 Å². The van der Waals surface area contributed by atoms with Gasteiger partial charge in [0.25, 0.3) is 0 Å². The molecule has 0 aromatic heterocycles. The first-order valence-electron chi connectivity index (χ1n) is 5.24. The summed E-state index contributed by atoms with van der Waals surface area (Å²) in [6, 6.07) is 8.18. The highest BCUT2D eigenvalue weighted by atomic mass is 16.5. The molecule has 1 fully saturated rings. The van der Waals surface area contributed by atoms with Gasteiger partial charge < -0.3 is 10.2 Å². The summed E-state index contributed by atoms with van der Waals surface area (Å²) in [4.78, 5) is 2.39. The van der Waals surface area contributed by atoms with Crippen molar-refractivity contribution in [2.45, 2.75) is 6.54 Å². The number of benzene rings is 1. The van der Waals surface area contributed by atoms with Crippen LogP contribution in [0.4, 0.5) is 5.69 Å². The van der Waals surface area contributed by atoms with Gasteiger partial charge in [0.05, 0.1) is 13.2 Å². The number of ether oxygens (including phenoxy) is 1. The molecule has 15 heavy (non-hydrogen) atoms. The van der Waals surface area contributed by atoms with E-state index in [1.165, 1.54) is 5.56 Å². The number of morpholine rings is 1. The quantitative estimate of drug-likeness (QED) is 0.569. The first-order valence-corrected chi connectivity index (χ1v) is 5.24. The zero-order valence-electron chi connectivity index (χ0n) is 8.78. The van der Waals surface area contributed by atoms with Gasteiger partial charge in [-0.1, -0.05) is 12.1 Å². The van der Waals surface area contributed by atoms with E-state index in [9.17, 15) is 0 Å². The van der Waals surface area contributed by atoms with Crippen LogP contribution in [0, 0.1) is 0 Å². The predicted molar refractivity (Wildman–Crippen MR) is 60.3 cm³/mol. The van der Waals surface area contributed by atoms with E-state index in [-0.39, 0.29) is 0 Å². The third-order valence-electron chi connectivity index (χ3n) is 2.60. The number of rotatable bonds is 3. The first-order chi connectivity index (χ1) is 7.38. The lowest BCUT2D eigenvalue weighted by molar-refractivity contribution is 0.0342. The average Bonchev–Trinajstić information content (AvgIpc) is 2.31. The Morgan fingerprint density at radius 2 is 2.13 bits per heavy atom. The molecule has 1 aliphatic heterocycles. The van der Waals surface area contributed by atoms with Gasteiger partial charge in [-0.2, -0.15) is 0 Å². The summed E-state index contributed by atoms with van der Waals surface area (Å²) in [5, 5.41) is 0. The number of hydrogen-bond donors (Lipinski definition) is 2. The van der Waals surface area contributed by atoms with Gasteiger partial charge in [0, 0.05) is 25.3 Å². The van der Waals surface area contributed by atoms with E-state index in [2.05, 4.69) is 22.5 Å². The molecule has 4 nitrogen and oxygen atoms in total. The molecule has 0 aliphatic carbocycles. The van der Waals surface area contributed by atoms with E-state index in [0.29, 0.717) is 0 Å². The normalized spacial score (nSPS) is 17.7. The van der Waals surface area contributed by atoms with Crippen LogP contribution < -0.4 is 11.3 Å². The van der Waals surface area contributed by atoms with Gasteiger partial charge in [-0.25, -0.2) is 0 Å². The molecule has 0 unspecified atom stereocenters. The number of nitrogen functional groups attached to an aromatic ring is 1. The van der Waals surface area contributed by atoms with Crippen molar-refractivity contribution in [1.29, 1.82) is 0 Å². The smallest absolute Gasteiger partial charge is 0.0594 e. The molecule has 0 radical (unpaired) electrons. The summed E-state index contributed by atoms with van der Waals surface area (Å²) in [6.45, 7) is 4.68. The molecule has 1 aromatic carbocycles. The third kappa shape index (κ3) is 2.92. The molecule has 2 rings (SSSR count). The van der Waals surface area contributed by atoms with Crippen LogP contribution in [0.2, 0.25) is 0 Å². The Labute approximate surface area is 90.0 Å². The van der Waals surface area contributed by atoms with Crippen molar-refractivity contribution in [3.05, 3.63) is 29.8 Å². The van der Waals surface area contributed by atoms with Gasteiger partial charge in [0.15, 0.2) is 0 Å². The van der Waals surface area contributed by atoms with Crippen molar-refractivity contribution in [2.75, 3.05) is 31.7 Å². The summed E-state index contributed by atoms with van der Waals surface area (Å²) in [6.07, 6.45) is 0. The topological polar surface area (TPSA) is 50.5 Å². The second-order valence-corrected chi connectivity index (χ2v) is 3.73. The van der Waals surface area contributed by atoms with Crippen LogP contribution in [0.5, 0.6) is 0 Å². The molecule has 1 saturated heterocycles. The summed E-state index contributed by atoms with van der Waals surface area (Å²) in [5.41, 5.74) is 4.91. The van der Waals surface area contributed by atoms with Crippen LogP contribution in [-0.2, 0) is 11.3 Å². The number of hydrazine groups is 1. The minimum Gasteiger partial charge on any atom is -0.379 e. The van der Waals surface area contributed by atoms with Crippen molar-refractivity contribution < 1.29 is 4.74 Å². The standard InChI is InChI=1S/C11H17N3O/c12-13-11-3-1-2-10(8-11)9-14-4-6-15-7-5-14/h1-3,8,13H,4-7,9,12H2. The van der Waals surface area contributed by atoms with E-state index < -0.39 is 0 Å². The van der Waals surface area contributed by atoms with Crippen LogP contribution in [0.3, 0.4) is 0 Å². The zero-order chi connectivity index (χ0) is 10.5. The maximum Gasteiger partial charge on any atom is 0.0594 e. The molecule has 0 spiro atoms. The van der Waals surface area contributed by atoms with Crippen molar-refractivity contribution in [2.24, 2.45) is 5.84 Å². The van der Waals surface area contributed by atoms with E-state index in [1.54, 1.807) is 0 Å². The highest BCUT2D eigenvalue weighted by Gasteiger charge is 2.10. The predicted octanol–water partition coefficient (Wildman–Crippen LogP) is 0.804. The second-order valence-electron chi connectivity index (χ2n) is 3.73. The fraction of sp³-hybridized carbons (Fsp3) is 0.455. The van der Waals surface area contributed by atoms with Crippen LogP contribution in [0.15, 0.2) is 24.3 Å². The molecule has 0 amide bonds. The minimum atomic E-state index is 0.842. The van der Waals surface area contributed by atoms with Gasteiger partial charge in [-0.3, -0.25) is 10.7 Å². The Kier molecular flexibility index (Phi) is 3.55. The van der Waals surface area contributed by atoms with Crippen molar-refractivity contribution in [1.82, 2.24) is 4.90 Å². The van der Waals surface area contributed by atoms with Crippen LogP contribution in [0.25, 0.3) is 0 Å². The highest BCUT2D eigenvalue weighted by Crippen LogP contribution is 2.12. The van der Waals surface area contributed by atoms with E-state index >= 15 is 0 Å². The first kappa shape index (κ1) is 10.4. The lowest BCUT2D eigenvalue weighted by Crippen LogP contribution is -2.35. The molecule has 1 heterocycles. The summed E-state index contributed by atoms with van der Waals surface area (Å²) < 4.78 is 5.31. The second kappa shape index (κ2) is 5.11. The molecular formula is C11H17N3O. The van der Waals surface area contributed by atoms with Crippen LogP contribution >= 0.6 is 0 Å². The van der Waals surface area contributed by atoms with Gasteiger partial charge in [-0.05, 0) is 17.7 Å². The van der Waals surface area contributed by atoms with Crippen LogP contribution in [-0.4, -0.2) is 31.2 Å². The van der Waals surface area contributed by atoms with E-state index in [1.807, 2.05) is 12.1 Å². The maximum atomic E-state index is 5.37. The molecule has 3 N–H and O–H groups in total. The van der Waals surface area contributed by atoms with Gasteiger partial charge >= 0.3 is 0 Å². The van der Waals surface area contributed by atoms with Gasteiger partial charge in [-0.15, -0.1) is 0 Å². The maximum absolute atomic E-state index is 5.37. The molecule has 4 heteroatoms. The number of nitrogens with zero attached hydrogens (tertiary/aromatic N) is 1.